The summed E-state index contributed by atoms with van der Waals surface area (Å²) in [5.41, 5.74) is 1.49. The van der Waals surface area contributed by atoms with E-state index in [-0.39, 0.29) is 47.2 Å². The molecule has 0 aliphatic carbocycles. The number of hydrogen-bond acceptors (Lipinski definition) is 8. The Kier molecular flexibility index (Phi) is 4.10. The van der Waals surface area contributed by atoms with Gasteiger partial charge in [-0.25, -0.2) is 0 Å². The number of carbonyl (C=O) groups is 1. The fraction of sp³-hybridized carbons (Fsp3) is 0.120. The van der Waals surface area contributed by atoms with E-state index in [4.69, 9.17) is 18.6 Å². The van der Waals surface area contributed by atoms with Crippen molar-refractivity contribution in [1.29, 1.82) is 0 Å². The summed E-state index contributed by atoms with van der Waals surface area (Å²) in [5.74, 6) is 0.307. The van der Waals surface area contributed by atoms with Crippen LogP contribution in [0.25, 0.3) is 22.3 Å². The van der Waals surface area contributed by atoms with Gasteiger partial charge in [0.1, 0.15) is 34.0 Å². The van der Waals surface area contributed by atoms with Crippen LogP contribution in [0.1, 0.15) is 23.5 Å². The van der Waals surface area contributed by atoms with Gasteiger partial charge in [-0.05, 0) is 42.0 Å². The van der Waals surface area contributed by atoms with E-state index in [0.29, 0.717) is 22.6 Å². The standard InChI is InChI=1S/C25H16O8/c26-14-4-1-12(2-5-14)19-9-16(27)24-17(28)10-21-23(25(24)33-19)15(8-22(29)32-21)13-3-6-18-20(7-13)31-11-30-18/h1-7,9-10,15,26,28H,8,11H2/t15-/m0/s1. The van der Waals surface area contributed by atoms with E-state index in [1.165, 1.54) is 24.3 Å². The van der Waals surface area contributed by atoms with E-state index in [9.17, 15) is 19.8 Å². The number of carbonyl (C=O) groups excluding carboxylic acids is 1. The zero-order valence-electron chi connectivity index (χ0n) is 17.0. The Morgan fingerprint density at radius 1 is 0.848 bits per heavy atom. The molecule has 4 aromatic rings. The second-order valence-electron chi connectivity index (χ2n) is 7.88. The highest BCUT2D eigenvalue weighted by Gasteiger charge is 2.34. The second kappa shape index (κ2) is 7.03. The Morgan fingerprint density at radius 2 is 1.64 bits per heavy atom. The molecule has 33 heavy (non-hydrogen) atoms. The number of aromatic hydroxyl groups is 2. The van der Waals surface area contributed by atoms with Crippen LogP contribution in [0.3, 0.4) is 0 Å². The molecular weight excluding hydrogens is 428 g/mol. The Morgan fingerprint density at radius 3 is 2.45 bits per heavy atom. The third kappa shape index (κ3) is 3.07. The van der Waals surface area contributed by atoms with Crippen molar-refractivity contribution in [2.24, 2.45) is 0 Å². The molecule has 0 saturated heterocycles. The lowest BCUT2D eigenvalue weighted by molar-refractivity contribution is -0.135. The van der Waals surface area contributed by atoms with Gasteiger partial charge in [0.15, 0.2) is 16.9 Å². The van der Waals surface area contributed by atoms with Crippen molar-refractivity contribution in [3.63, 3.8) is 0 Å². The molecule has 0 unspecified atom stereocenters. The number of hydrogen-bond donors (Lipinski definition) is 2. The Balaban J connectivity index is 1.62. The van der Waals surface area contributed by atoms with E-state index in [1.54, 1.807) is 24.3 Å². The first-order valence-corrected chi connectivity index (χ1v) is 10.2. The summed E-state index contributed by atoms with van der Waals surface area (Å²) in [6, 6.07) is 14.1. The van der Waals surface area contributed by atoms with Gasteiger partial charge in [0, 0.05) is 29.2 Å². The fourth-order valence-electron chi connectivity index (χ4n) is 4.34. The summed E-state index contributed by atoms with van der Waals surface area (Å²) in [7, 11) is 0. The molecular formula is C25H16O8. The van der Waals surface area contributed by atoms with Gasteiger partial charge in [0.2, 0.25) is 6.79 Å². The van der Waals surface area contributed by atoms with Gasteiger partial charge in [-0.3, -0.25) is 9.59 Å². The normalized spacial score (nSPS) is 16.5. The van der Waals surface area contributed by atoms with Crippen LogP contribution in [0, 0.1) is 0 Å². The number of rotatable bonds is 2. The Hall–Kier alpha value is -4.46. The van der Waals surface area contributed by atoms with Crippen molar-refractivity contribution < 1.29 is 33.6 Å². The third-order valence-electron chi connectivity index (χ3n) is 5.88. The molecule has 2 aliphatic rings. The SMILES string of the molecule is O=C1C[C@@H](c2ccc3c(c2)OCO3)c2c(cc(O)c3c(=O)cc(-c4ccc(O)cc4)oc23)O1. The van der Waals surface area contributed by atoms with Gasteiger partial charge < -0.3 is 28.8 Å². The lowest BCUT2D eigenvalue weighted by Crippen LogP contribution is -2.22. The van der Waals surface area contributed by atoms with Gasteiger partial charge in [0.05, 0.1) is 6.42 Å². The molecule has 0 radical (unpaired) electrons. The van der Waals surface area contributed by atoms with Crippen molar-refractivity contribution >= 4 is 16.9 Å². The molecule has 0 saturated carbocycles. The quantitative estimate of drug-likeness (QED) is 0.352. The van der Waals surface area contributed by atoms with Gasteiger partial charge in [-0.15, -0.1) is 0 Å². The van der Waals surface area contributed by atoms with Crippen LogP contribution < -0.4 is 19.6 Å². The molecule has 3 aromatic carbocycles. The Labute approximate surface area is 186 Å². The average Bonchev–Trinajstić information content (AvgIpc) is 3.26. The fourth-order valence-corrected chi connectivity index (χ4v) is 4.34. The third-order valence-corrected chi connectivity index (χ3v) is 5.88. The second-order valence-corrected chi connectivity index (χ2v) is 7.88. The molecule has 0 fully saturated rings. The number of phenolic OH excluding ortho intramolecular Hbond substituents is 2. The van der Waals surface area contributed by atoms with Crippen molar-refractivity contribution in [3.8, 4) is 40.1 Å². The van der Waals surface area contributed by atoms with Crippen LogP contribution in [-0.2, 0) is 4.79 Å². The van der Waals surface area contributed by atoms with E-state index < -0.39 is 17.3 Å². The monoisotopic (exact) mass is 444 g/mol. The van der Waals surface area contributed by atoms with Crippen molar-refractivity contribution in [1.82, 2.24) is 0 Å². The summed E-state index contributed by atoms with van der Waals surface area (Å²) in [6.07, 6.45) is 0.0136. The number of fused-ring (bicyclic) bond motifs is 4. The largest absolute Gasteiger partial charge is 0.508 e. The van der Waals surface area contributed by atoms with Crippen molar-refractivity contribution in [2.45, 2.75) is 12.3 Å². The molecule has 1 aromatic heterocycles. The van der Waals surface area contributed by atoms with Gasteiger partial charge in [-0.1, -0.05) is 6.07 Å². The summed E-state index contributed by atoms with van der Waals surface area (Å²) in [6.45, 7) is 0.115. The number of esters is 1. The molecule has 3 heterocycles. The lowest BCUT2D eigenvalue weighted by Gasteiger charge is -2.26. The molecule has 6 rings (SSSR count). The highest BCUT2D eigenvalue weighted by Crippen LogP contribution is 2.47. The van der Waals surface area contributed by atoms with Gasteiger partial charge in [-0.2, -0.15) is 0 Å². The lowest BCUT2D eigenvalue weighted by atomic mass is 9.85. The van der Waals surface area contributed by atoms with Crippen molar-refractivity contribution in [2.75, 3.05) is 6.79 Å². The highest BCUT2D eigenvalue weighted by atomic mass is 16.7. The molecule has 164 valence electrons. The highest BCUT2D eigenvalue weighted by molar-refractivity contribution is 5.93. The minimum Gasteiger partial charge on any atom is -0.508 e. The first-order chi connectivity index (χ1) is 16.0. The van der Waals surface area contributed by atoms with Gasteiger partial charge >= 0.3 is 5.97 Å². The maximum absolute atomic E-state index is 13.0. The maximum Gasteiger partial charge on any atom is 0.312 e. The topological polar surface area (TPSA) is 115 Å². The van der Waals surface area contributed by atoms with Crippen LogP contribution in [-0.4, -0.2) is 23.0 Å². The smallest absolute Gasteiger partial charge is 0.312 e. The summed E-state index contributed by atoms with van der Waals surface area (Å²) >= 11 is 0. The minimum atomic E-state index is -0.503. The Bertz CT molecular complexity index is 1500. The van der Waals surface area contributed by atoms with Crippen LogP contribution >= 0.6 is 0 Å². The van der Waals surface area contributed by atoms with Crippen LogP contribution in [0.4, 0.5) is 0 Å². The summed E-state index contributed by atoms with van der Waals surface area (Å²) < 4.78 is 22.4. The molecule has 8 heteroatoms. The molecule has 2 aliphatic heterocycles. The maximum atomic E-state index is 13.0. The molecule has 0 bridgehead atoms. The van der Waals surface area contributed by atoms with Crippen LogP contribution in [0.15, 0.2) is 63.8 Å². The van der Waals surface area contributed by atoms with Gasteiger partial charge in [0.25, 0.3) is 0 Å². The first kappa shape index (κ1) is 19.2. The van der Waals surface area contributed by atoms with E-state index >= 15 is 0 Å². The number of phenols is 2. The molecule has 2 N–H and O–H groups in total. The average molecular weight is 444 g/mol. The summed E-state index contributed by atoms with van der Waals surface area (Å²) in [4.78, 5) is 25.4. The minimum absolute atomic E-state index is 0.0000272. The van der Waals surface area contributed by atoms with E-state index in [1.807, 2.05) is 6.07 Å². The van der Waals surface area contributed by atoms with E-state index in [2.05, 4.69) is 0 Å². The number of ether oxygens (including phenoxy) is 3. The predicted octanol–water partition coefficient (Wildman–Crippen LogP) is 4.04. The van der Waals surface area contributed by atoms with Crippen LogP contribution in [0.2, 0.25) is 0 Å². The first-order valence-electron chi connectivity index (χ1n) is 10.2. The van der Waals surface area contributed by atoms with E-state index in [0.717, 1.165) is 5.56 Å². The molecule has 8 nitrogen and oxygen atoms in total. The zero-order valence-corrected chi connectivity index (χ0v) is 17.0. The predicted molar refractivity (Wildman–Crippen MR) is 116 cm³/mol. The molecule has 0 spiro atoms. The van der Waals surface area contributed by atoms with Crippen molar-refractivity contribution in [3.05, 3.63) is 75.9 Å². The molecule has 1 atom stereocenters. The number of benzene rings is 3. The molecule has 0 amide bonds. The summed E-state index contributed by atoms with van der Waals surface area (Å²) in [5, 5.41) is 20.1. The zero-order chi connectivity index (χ0) is 22.7. The van der Waals surface area contributed by atoms with Crippen LogP contribution in [0.5, 0.6) is 28.7 Å².